The first kappa shape index (κ1) is 22.9. The smallest absolute Gasteiger partial charge is 0.232 e. The zero-order chi connectivity index (χ0) is 24.3. The number of benzene rings is 3. The van der Waals surface area contributed by atoms with E-state index in [2.05, 4.69) is 15.3 Å². The Kier molecular flexibility index (Phi) is 6.37. The van der Waals surface area contributed by atoms with Crippen molar-refractivity contribution in [2.24, 2.45) is 0 Å². The first-order chi connectivity index (χ1) is 17.0. The topological polar surface area (TPSA) is 84.4 Å². The minimum absolute atomic E-state index is 0.0670. The van der Waals surface area contributed by atoms with Crippen LogP contribution in [0.25, 0.3) is 11.3 Å². The third kappa shape index (κ3) is 5.60. The Morgan fingerprint density at radius 1 is 0.943 bits per heavy atom. The molecule has 0 bridgehead atoms. The van der Waals surface area contributed by atoms with Crippen molar-refractivity contribution >= 4 is 27.2 Å². The summed E-state index contributed by atoms with van der Waals surface area (Å²) in [6.45, 7) is 0.464. The van der Waals surface area contributed by atoms with Gasteiger partial charge in [0.25, 0.3) is 0 Å². The molecule has 0 unspecified atom stereocenters. The van der Waals surface area contributed by atoms with E-state index in [1.165, 1.54) is 16.9 Å². The second-order valence-corrected chi connectivity index (χ2v) is 10.4. The molecular weight excluding hydrogens is 460 g/mol. The first-order valence-electron chi connectivity index (χ1n) is 11.4. The minimum Gasteiger partial charge on any atom is -0.488 e. The number of aromatic nitrogens is 2. The average Bonchev–Trinajstić information content (AvgIpc) is 3.69. The Morgan fingerprint density at radius 2 is 1.66 bits per heavy atom. The van der Waals surface area contributed by atoms with Crippen molar-refractivity contribution in [2.45, 2.75) is 25.5 Å². The number of nitrogens with one attached hydrogen (secondary N) is 1. The Bertz CT molecular complexity index is 1410. The van der Waals surface area contributed by atoms with E-state index in [1.54, 1.807) is 0 Å². The predicted molar refractivity (Wildman–Crippen MR) is 138 cm³/mol. The highest BCUT2D eigenvalue weighted by atomic mass is 32.2. The maximum atomic E-state index is 12.2. The van der Waals surface area contributed by atoms with Gasteiger partial charge in [0, 0.05) is 23.4 Å². The van der Waals surface area contributed by atoms with Crippen molar-refractivity contribution in [1.29, 1.82) is 0 Å². The van der Waals surface area contributed by atoms with Crippen molar-refractivity contribution in [1.82, 2.24) is 9.97 Å². The average molecular weight is 487 g/mol. The summed E-state index contributed by atoms with van der Waals surface area (Å²) in [7, 11) is -3.31. The highest BCUT2D eigenvalue weighted by Crippen LogP contribution is 2.35. The van der Waals surface area contributed by atoms with Gasteiger partial charge in [-0.05, 0) is 54.8 Å². The lowest BCUT2D eigenvalue weighted by atomic mass is 10.1. The van der Waals surface area contributed by atoms with E-state index in [1.807, 2.05) is 84.9 Å². The molecule has 0 radical (unpaired) electrons. The number of anilines is 3. The normalized spacial score (nSPS) is 13.3. The highest BCUT2D eigenvalue weighted by Gasteiger charge is 2.35. The standard InChI is InChI=1S/C27H26N4O3S/c1-35(32,33)31(23-15-16-23)22-13-11-21(12-14-22)30-27-17-25(28-19-29-27)24-9-5-6-10-26(24)34-18-20-7-3-2-4-8-20/h2-14,17,19,23H,15-16,18H2,1H3,(H,28,29,30). The third-order valence-corrected chi connectivity index (χ3v) is 6.92. The molecule has 0 amide bonds. The van der Waals surface area contributed by atoms with E-state index in [9.17, 15) is 8.42 Å². The van der Waals surface area contributed by atoms with E-state index in [0.717, 1.165) is 41.1 Å². The van der Waals surface area contributed by atoms with Crippen LogP contribution in [0.5, 0.6) is 5.75 Å². The molecule has 0 aliphatic heterocycles. The van der Waals surface area contributed by atoms with E-state index < -0.39 is 10.0 Å². The lowest BCUT2D eigenvalue weighted by molar-refractivity contribution is 0.307. The number of rotatable bonds is 9. The fraction of sp³-hybridized carbons (Fsp3) is 0.185. The zero-order valence-corrected chi connectivity index (χ0v) is 20.2. The van der Waals surface area contributed by atoms with Gasteiger partial charge in [-0.2, -0.15) is 0 Å². The maximum absolute atomic E-state index is 12.2. The molecule has 0 spiro atoms. The van der Waals surface area contributed by atoms with E-state index in [-0.39, 0.29) is 6.04 Å². The highest BCUT2D eigenvalue weighted by molar-refractivity contribution is 7.92. The van der Waals surface area contributed by atoms with Crippen LogP contribution in [0, 0.1) is 0 Å². The first-order valence-corrected chi connectivity index (χ1v) is 13.3. The van der Waals surface area contributed by atoms with Gasteiger partial charge in [0.1, 0.15) is 24.5 Å². The molecule has 35 heavy (non-hydrogen) atoms. The van der Waals surface area contributed by atoms with Crippen molar-refractivity contribution in [3.8, 4) is 17.0 Å². The largest absolute Gasteiger partial charge is 0.488 e. The summed E-state index contributed by atoms with van der Waals surface area (Å²) < 4.78 is 32.0. The fourth-order valence-corrected chi connectivity index (χ4v) is 5.19. The summed E-state index contributed by atoms with van der Waals surface area (Å²) in [5.41, 5.74) is 4.17. The minimum atomic E-state index is -3.31. The second-order valence-electron chi connectivity index (χ2n) is 8.52. The van der Waals surface area contributed by atoms with Gasteiger partial charge in [-0.1, -0.05) is 42.5 Å². The van der Waals surface area contributed by atoms with Crippen LogP contribution in [0.15, 0.2) is 91.3 Å². The van der Waals surface area contributed by atoms with Crippen LogP contribution in [-0.2, 0) is 16.6 Å². The molecule has 1 aliphatic rings. The van der Waals surface area contributed by atoms with Crippen molar-refractivity contribution in [2.75, 3.05) is 15.9 Å². The van der Waals surface area contributed by atoms with Crippen LogP contribution >= 0.6 is 0 Å². The molecule has 3 aromatic carbocycles. The van der Waals surface area contributed by atoms with E-state index in [4.69, 9.17) is 4.74 Å². The summed E-state index contributed by atoms with van der Waals surface area (Å²) in [6.07, 6.45) is 4.56. The Morgan fingerprint density at radius 3 is 2.37 bits per heavy atom. The van der Waals surface area contributed by atoms with Gasteiger partial charge in [0.05, 0.1) is 17.6 Å². The lowest BCUT2D eigenvalue weighted by Crippen LogP contribution is -2.31. The van der Waals surface area contributed by atoms with Crippen LogP contribution in [-0.4, -0.2) is 30.7 Å². The molecular formula is C27H26N4O3S. The van der Waals surface area contributed by atoms with Crippen molar-refractivity contribution in [3.05, 3.63) is 96.8 Å². The number of para-hydroxylation sites is 1. The van der Waals surface area contributed by atoms with Gasteiger partial charge in [-0.25, -0.2) is 18.4 Å². The number of ether oxygens (including phenoxy) is 1. The SMILES string of the molecule is CS(=O)(=O)N(c1ccc(Nc2cc(-c3ccccc3OCc3ccccc3)ncn2)cc1)C1CC1. The van der Waals surface area contributed by atoms with Crippen molar-refractivity contribution in [3.63, 3.8) is 0 Å². The Balaban J connectivity index is 1.33. The van der Waals surface area contributed by atoms with Gasteiger partial charge in [0.2, 0.25) is 10.0 Å². The fourth-order valence-electron chi connectivity index (χ4n) is 3.93. The predicted octanol–water partition coefficient (Wildman–Crippen LogP) is 5.39. The molecule has 1 aliphatic carbocycles. The zero-order valence-electron chi connectivity index (χ0n) is 19.3. The van der Waals surface area contributed by atoms with Crippen LogP contribution in [0.3, 0.4) is 0 Å². The molecule has 0 atom stereocenters. The van der Waals surface area contributed by atoms with Crippen LogP contribution in [0.1, 0.15) is 18.4 Å². The molecule has 0 saturated heterocycles. The Hall–Kier alpha value is -3.91. The second kappa shape index (κ2) is 9.76. The monoisotopic (exact) mass is 486 g/mol. The van der Waals surface area contributed by atoms with Crippen LogP contribution < -0.4 is 14.4 Å². The number of nitrogens with zero attached hydrogens (tertiary/aromatic N) is 3. The molecule has 7 nitrogen and oxygen atoms in total. The van der Waals surface area contributed by atoms with Gasteiger partial charge >= 0.3 is 0 Å². The molecule has 1 heterocycles. The van der Waals surface area contributed by atoms with Crippen LogP contribution in [0.4, 0.5) is 17.2 Å². The summed E-state index contributed by atoms with van der Waals surface area (Å²) >= 11 is 0. The molecule has 4 aromatic rings. The third-order valence-electron chi connectivity index (χ3n) is 5.70. The van der Waals surface area contributed by atoms with Gasteiger partial charge in [-0.15, -0.1) is 0 Å². The quantitative estimate of drug-likeness (QED) is 0.341. The van der Waals surface area contributed by atoms with Crippen LogP contribution in [0.2, 0.25) is 0 Å². The number of hydrogen-bond donors (Lipinski definition) is 1. The molecule has 1 fully saturated rings. The van der Waals surface area contributed by atoms with Crippen molar-refractivity contribution < 1.29 is 13.2 Å². The summed E-state index contributed by atoms with van der Waals surface area (Å²) in [5, 5.41) is 3.28. The summed E-state index contributed by atoms with van der Waals surface area (Å²) in [4.78, 5) is 8.80. The molecule has 1 saturated carbocycles. The summed E-state index contributed by atoms with van der Waals surface area (Å²) in [6, 6.07) is 27.1. The molecule has 5 rings (SSSR count). The van der Waals surface area contributed by atoms with E-state index in [0.29, 0.717) is 18.1 Å². The molecule has 1 aromatic heterocycles. The molecule has 1 N–H and O–H groups in total. The maximum Gasteiger partial charge on any atom is 0.232 e. The van der Waals surface area contributed by atoms with E-state index >= 15 is 0 Å². The number of hydrogen-bond acceptors (Lipinski definition) is 6. The number of sulfonamides is 1. The Labute approximate surface area is 205 Å². The van der Waals surface area contributed by atoms with Gasteiger partial charge in [0.15, 0.2) is 0 Å². The lowest BCUT2D eigenvalue weighted by Gasteiger charge is -2.22. The molecule has 178 valence electrons. The summed E-state index contributed by atoms with van der Waals surface area (Å²) in [5.74, 6) is 1.37. The molecule has 8 heteroatoms. The van der Waals surface area contributed by atoms with Gasteiger partial charge in [-0.3, -0.25) is 4.31 Å². The van der Waals surface area contributed by atoms with Gasteiger partial charge < -0.3 is 10.1 Å².